The highest BCUT2D eigenvalue weighted by Crippen LogP contribution is 2.15. The molecule has 1 N–H and O–H groups in total. The molecule has 1 atom stereocenters. The molecule has 26 heavy (non-hydrogen) atoms. The lowest BCUT2D eigenvalue weighted by Crippen LogP contribution is -2.49. The summed E-state index contributed by atoms with van der Waals surface area (Å²) in [6.07, 6.45) is 9.87. The molecule has 1 fully saturated rings. The first-order valence-corrected chi connectivity index (χ1v) is 8.49. The van der Waals surface area contributed by atoms with Crippen molar-refractivity contribution in [3.05, 3.63) is 53.0 Å². The minimum absolute atomic E-state index is 0.0679. The summed E-state index contributed by atoms with van der Waals surface area (Å²) in [5.74, 6) is 0.214. The zero-order chi connectivity index (χ0) is 18.1. The van der Waals surface area contributed by atoms with Crippen LogP contribution in [0.15, 0.2) is 41.8 Å². The first-order valence-electron chi connectivity index (χ1n) is 8.49. The van der Waals surface area contributed by atoms with E-state index < -0.39 is 0 Å². The van der Waals surface area contributed by atoms with Crippen molar-refractivity contribution in [3.63, 3.8) is 0 Å². The number of amides is 1. The average molecular weight is 353 g/mol. The van der Waals surface area contributed by atoms with Gasteiger partial charge < -0.3 is 14.8 Å². The minimum atomic E-state index is -0.209. The summed E-state index contributed by atoms with van der Waals surface area (Å²) < 4.78 is 3.08. The highest BCUT2D eigenvalue weighted by atomic mass is 16.2. The van der Waals surface area contributed by atoms with Crippen LogP contribution in [-0.4, -0.2) is 49.2 Å². The van der Waals surface area contributed by atoms with Crippen molar-refractivity contribution in [1.82, 2.24) is 29.5 Å². The molecule has 1 amide bonds. The Hall–Kier alpha value is -3.23. The number of nitrogens with one attached hydrogen (secondary N) is 1. The van der Waals surface area contributed by atoms with Gasteiger partial charge in [0.05, 0.1) is 6.20 Å². The molecule has 4 rings (SSSR count). The number of rotatable bonds is 3. The molecule has 3 aromatic rings. The molecule has 0 bridgehead atoms. The quantitative estimate of drug-likeness (QED) is 0.724. The summed E-state index contributed by atoms with van der Waals surface area (Å²) in [6, 6.07) is 1.69. The van der Waals surface area contributed by atoms with E-state index in [1.165, 1.54) is 10.8 Å². The van der Waals surface area contributed by atoms with Gasteiger partial charge in [0, 0.05) is 51.0 Å². The zero-order valence-corrected chi connectivity index (χ0v) is 14.4. The molecule has 1 aliphatic heterocycles. The van der Waals surface area contributed by atoms with Crippen LogP contribution in [0.2, 0.25) is 0 Å². The van der Waals surface area contributed by atoms with E-state index in [1.54, 1.807) is 42.4 Å². The fourth-order valence-electron chi connectivity index (χ4n) is 3.24. The van der Waals surface area contributed by atoms with Crippen molar-refractivity contribution < 1.29 is 4.79 Å². The monoisotopic (exact) mass is 353 g/mol. The highest BCUT2D eigenvalue weighted by molar-refractivity contribution is 5.99. The summed E-state index contributed by atoms with van der Waals surface area (Å²) in [7, 11) is 1.70. The Morgan fingerprint density at radius 2 is 2.15 bits per heavy atom. The van der Waals surface area contributed by atoms with Gasteiger partial charge in [0.15, 0.2) is 11.5 Å². The van der Waals surface area contributed by atoms with Gasteiger partial charge in [-0.25, -0.2) is 14.5 Å². The maximum atomic E-state index is 12.6. The lowest BCUT2D eigenvalue weighted by atomic mass is 10.1. The Kier molecular flexibility index (Phi) is 4.11. The molecule has 134 valence electrons. The van der Waals surface area contributed by atoms with Gasteiger partial charge in [-0.3, -0.25) is 9.59 Å². The minimum Gasteiger partial charge on any atom is -0.350 e. The molecule has 9 heteroatoms. The molecule has 1 aliphatic rings. The predicted octanol–water partition coefficient (Wildman–Crippen LogP) is 0.222. The van der Waals surface area contributed by atoms with Crippen molar-refractivity contribution >= 4 is 17.4 Å². The highest BCUT2D eigenvalue weighted by Gasteiger charge is 2.25. The third-order valence-electron chi connectivity index (χ3n) is 4.58. The summed E-state index contributed by atoms with van der Waals surface area (Å²) in [5, 5.41) is 7.18. The summed E-state index contributed by atoms with van der Waals surface area (Å²) in [4.78, 5) is 35.3. The number of piperidine rings is 1. The Labute approximate surface area is 149 Å². The van der Waals surface area contributed by atoms with Crippen LogP contribution >= 0.6 is 0 Å². The molecule has 3 aromatic heterocycles. The average Bonchev–Trinajstić information content (AvgIpc) is 3.08. The Bertz CT molecular complexity index is 1010. The van der Waals surface area contributed by atoms with Crippen LogP contribution in [-0.2, 0) is 7.05 Å². The zero-order valence-electron chi connectivity index (χ0n) is 14.4. The van der Waals surface area contributed by atoms with Gasteiger partial charge in [0.2, 0.25) is 0 Å². The molecule has 0 spiro atoms. The van der Waals surface area contributed by atoms with Crippen molar-refractivity contribution in [2.24, 2.45) is 7.05 Å². The molecule has 0 radical (unpaired) electrons. The second kappa shape index (κ2) is 6.58. The van der Waals surface area contributed by atoms with Crippen molar-refractivity contribution in [3.8, 4) is 0 Å². The Morgan fingerprint density at radius 3 is 3.04 bits per heavy atom. The third kappa shape index (κ3) is 2.92. The van der Waals surface area contributed by atoms with E-state index in [1.807, 2.05) is 4.90 Å². The topological polar surface area (TPSA) is 97.4 Å². The van der Waals surface area contributed by atoms with E-state index >= 15 is 0 Å². The van der Waals surface area contributed by atoms with Crippen LogP contribution in [0.1, 0.15) is 23.2 Å². The molecular formula is C17H19N7O2. The lowest BCUT2D eigenvalue weighted by molar-refractivity contribution is 0.0934. The van der Waals surface area contributed by atoms with Crippen LogP contribution in [0.25, 0.3) is 5.65 Å². The number of nitrogens with zero attached hydrogens (tertiary/aromatic N) is 6. The van der Waals surface area contributed by atoms with Crippen LogP contribution in [0.3, 0.4) is 0 Å². The fraction of sp³-hybridized carbons (Fsp3) is 0.353. The van der Waals surface area contributed by atoms with E-state index in [9.17, 15) is 9.59 Å². The molecule has 0 saturated carbocycles. The maximum absolute atomic E-state index is 12.6. The fourth-order valence-corrected chi connectivity index (χ4v) is 3.24. The summed E-state index contributed by atoms with van der Waals surface area (Å²) in [6.45, 7) is 1.29. The van der Waals surface area contributed by atoms with Crippen molar-refractivity contribution in [2.75, 3.05) is 18.0 Å². The molecule has 4 heterocycles. The van der Waals surface area contributed by atoms with Gasteiger partial charge in [-0.05, 0) is 18.9 Å². The number of carbonyl (C=O) groups excluding carboxylic acids is 1. The number of hydrogen-bond acceptors (Lipinski definition) is 6. The van der Waals surface area contributed by atoms with E-state index in [0.29, 0.717) is 23.6 Å². The summed E-state index contributed by atoms with van der Waals surface area (Å²) >= 11 is 0. The van der Waals surface area contributed by atoms with Gasteiger partial charge in [0.25, 0.3) is 11.5 Å². The number of anilines is 1. The Balaban J connectivity index is 1.51. The summed E-state index contributed by atoms with van der Waals surface area (Å²) in [5.41, 5.74) is 0.832. The van der Waals surface area contributed by atoms with E-state index in [4.69, 9.17) is 0 Å². The largest absolute Gasteiger partial charge is 0.350 e. The second-order valence-corrected chi connectivity index (χ2v) is 6.37. The molecule has 1 saturated heterocycles. The normalized spacial score (nSPS) is 17.4. The molecule has 9 nitrogen and oxygen atoms in total. The van der Waals surface area contributed by atoms with E-state index in [2.05, 4.69) is 20.4 Å². The van der Waals surface area contributed by atoms with Gasteiger partial charge in [-0.1, -0.05) is 0 Å². The van der Waals surface area contributed by atoms with Crippen LogP contribution in [0.4, 0.5) is 5.82 Å². The van der Waals surface area contributed by atoms with Crippen LogP contribution in [0, 0.1) is 0 Å². The van der Waals surface area contributed by atoms with Gasteiger partial charge >= 0.3 is 0 Å². The first-order chi connectivity index (χ1) is 12.6. The smallest absolute Gasteiger partial charge is 0.293 e. The van der Waals surface area contributed by atoms with E-state index in [-0.39, 0.29) is 17.5 Å². The number of hydrogen-bond donors (Lipinski definition) is 1. The number of fused-ring (bicyclic) bond motifs is 1. The standard InChI is InChI=1S/C17H19N7O2/c1-22-9-6-19-15(17(22)26)23-7-2-4-12(11-23)21-16(25)13-10-20-24-8-3-5-18-14(13)24/h3,5-6,8-10,12H,2,4,7,11H2,1H3,(H,21,25)/t12-/m0/s1. The number of aryl methyl sites for hydroxylation is 1. The Morgan fingerprint density at radius 1 is 1.27 bits per heavy atom. The number of carbonyl (C=O) groups is 1. The van der Waals surface area contributed by atoms with Gasteiger partial charge in [-0.15, -0.1) is 0 Å². The van der Waals surface area contributed by atoms with Gasteiger partial charge in [-0.2, -0.15) is 5.10 Å². The lowest BCUT2D eigenvalue weighted by Gasteiger charge is -2.33. The molecular weight excluding hydrogens is 334 g/mol. The van der Waals surface area contributed by atoms with Crippen LogP contribution < -0.4 is 15.8 Å². The maximum Gasteiger partial charge on any atom is 0.293 e. The molecule has 0 aliphatic carbocycles. The number of aromatic nitrogens is 5. The SMILES string of the molecule is Cn1ccnc(N2CCC[C@H](NC(=O)c3cnn4cccnc34)C2)c1=O. The van der Waals surface area contributed by atoms with Gasteiger partial charge in [0.1, 0.15) is 5.56 Å². The van der Waals surface area contributed by atoms with E-state index in [0.717, 1.165) is 19.4 Å². The van der Waals surface area contributed by atoms with Crippen molar-refractivity contribution in [1.29, 1.82) is 0 Å². The molecule has 0 unspecified atom stereocenters. The second-order valence-electron chi connectivity index (χ2n) is 6.37. The predicted molar refractivity (Wildman–Crippen MR) is 95.2 cm³/mol. The molecule has 0 aromatic carbocycles. The van der Waals surface area contributed by atoms with Crippen molar-refractivity contribution in [2.45, 2.75) is 18.9 Å². The third-order valence-corrected chi connectivity index (χ3v) is 4.58. The van der Waals surface area contributed by atoms with Crippen LogP contribution in [0.5, 0.6) is 0 Å². The first kappa shape index (κ1) is 16.2.